The SMILES string of the molecule is Cc1ccc(Nc2cncc(C(=O)N3CCCCC3)c2)c(C)c1. The third-order valence-corrected chi connectivity index (χ3v) is 4.29. The number of pyridine rings is 1. The summed E-state index contributed by atoms with van der Waals surface area (Å²) in [7, 11) is 0. The summed E-state index contributed by atoms with van der Waals surface area (Å²) in [5.74, 6) is 0.0847. The Morgan fingerprint density at radius 2 is 1.87 bits per heavy atom. The quantitative estimate of drug-likeness (QED) is 0.929. The molecule has 1 aliphatic heterocycles. The third kappa shape index (κ3) is 3.70. The number of hydrogen-bond acceptors (Lipinski definition) is 3. The molecule has 23 heavy (non-hydrogen) atoms. The van der Waals surface area contributed by atoms with Gasteiger partial charge in [0.15, 0.2) is 0 Å². The highest BCUT2D eigenvalue weighted by atomic mass is 16.2. The van der Waals surface area contributed by atoms with Gasteiger partial charge in [-0.3, -0.25) is 9.78 Å². The summed E-state index contributed by atoms with van der Waals surface area (Å²) in [6.07, 6.45) is 6.83. The Bertz CT molecular complexity index is 706. The number of anilines is 2. The lowest BCUT2D eigenvalue weighted by molar-refractivity contribution is 0.0724. The second kappa shape index (κ2) is 6.82. The lowest BCUT2D eigenvalue weighted by Crippen LogP contribution is -2.35. The van der Waals surface area contributed by atoms with E-state index < -0.39 is 0 Å². The summed E-state index contributed by atoms with van der Waals surface area (Å²) in [5.41, 5.74) is 4.96. The molecule has 1 saturated heterocycles. The van der Waals surface area contributed by atoms with Gasteiger partial charge in [0.1, 0.15) is 0 Å². The van der Waals surface area contributed by atoms with Crippen LogP contribution in [0, 0.1) is 13.8 Å². The first-order valence-corrected chi connectivity index (χ1v) is 8.22. The van der Waals surface area contributed by atoms with E-state index in [-0.39, 0.29) is 5.91 Å². The molecule has 0 aliphatic carbocycles. The molecular formula is C19H23N3O. The van der Waals surface area contributed by atoms with E-state index in [0.717, 1.165) is 37.3 Å². The van der Waals surface area contributed by atoms with Crippen LogP contribution in [0.2, 0.25) is 0 Å². The van der Waals surface area contributed by atoms with E-state index in [1.54, 1.807) is 12.4 Å². The first-order chi connectivity index (χ1) is 11.1. The summed E-state index contributed by atoms with van der Waals surface area (Å²) in [5, 5.41) is 3.36. The lowest BCUT2D eigenvalue weighted by Gasteiger charge is -2.26. The van der Waals surface area contributed by atoms with E-state index in [2.05, 4.69) is 42.3 Å². The van der Waals surface area contributed by atoms with Gasteiger partial charge in [-0.25, -0.2) is 0 Å². The van der Waals surface area contributed by atoms with Crippen LogP contribution in [0.1, 0.15) is 40.7 Å². The number of hydrogen-bond donors (Lipinski definition) is 1. The average molecular weight is 309 g/mol. The molecule has 0 bridgehead atoms. The number of carbonyl (C=O) groups is 1. The maximum absolute atomic E-state index is 12.6. The van der Waals surface area contributed by atoms with Gasteiger partial charge in [0.25, 0.3) is 5.91 Å². The Morgan fingerprint density at radius 1 is 1.09 bits per heavy atom. The zero-order valence-corrected chi connectivity index (χ0v) is 13.8. The molecule has 2 aromatic rings. The number of amides is 1. The Hall–Kier alpha value is -2.36. The van der Waals surface area contributed by atoms with Crippen LogP contribution in [0.4, 0.5) is 11.4 Å². The van der Waals surface area contributed by atoms with E-state index in [0.29, 0.717) is 5.56 Å². The number of aryl methyl sites for hydroxylation is 2. The first kappa shape index (κ1) is 15.5. The van der Waals surface area contributed by atoms with Crippen LogP contribution in [0.3, 0.4) is 0 Å². The van der Waals surface area contributed by atoms with Crippen molar-refractivity contribution in [2.75, 3.05) is 18.4 Å². The van der Waals surface area contributed by atoms with Crippen LogP contribution in [0.5, 0.6) is 0 Å². The van der Waals surface area contributed by atoms with Gasteiger partial charge in [-0.2, -0.15) is 0 Å². The zero-order valence-electron chi connectivity index (χ0n) is 13.8. The fourth-order valence-electron chi connectivity index (χ4n) is 3.01. The number of nitrogens with one attached hydrogen (secondary N) is 1. The summed E-state index contributed by atoms with van der Waals surface area (Å²) in [4.78, 5) is 18.7. The van der Waals surface area contributed by atoms with E-state index in [1.807, 2.05) is 11.0 Å². The monoisotopic (exact) mass is 309 g/mol. The number of nitrogens with zero attached hydrogens (tertiary/aromatic N) is 2. The topological polar surface area (TPSA) is 45.2 Å². The van der Waals surface area contributed by atoms with Gasteiger partial charge in [0.05, 0.1) is 17.4 Å². The molecule has 1 aromatic carbocycles. The molecule has 2 heterocycles. The van der Waals surface area contributed by atoms with Crippen molar-refractivity contribution in [2.45, 2.75) is 33.1 Å². The molecule has 0 radical (unpaired) electrons. The normalized spacial score (nSPS) is 14.6. The molecule has 1 aliphatic rings. The number of carbonyl (C=O) groups excluding carboxylic acids is 1. The fourth-order valence-corrected chi connectivity index (χ4v) is 3.01. The average Bonchev–Trinajstić information content (AvgIpc) is 2.58. The lowest BCUT2D eigenvalue weighted by atomic mass is 10.1. The molecule has 0 unspecified atom stereocenters. The molecule has 4 heteroatoms. The van der Waals surface area contributed by atoms with Crippen LogP contribution in [0.15, 0.2) is 36.7 Å². The largest absolute Gasteiger partial charge is 0.354 e. The van der Waals surface area contributed by atoms with E-state index in [9.17, 15) is 4.79 Å². The number of rotatable bonds is 3. The summed E-state index contributed by atoms with van der Waals surface area (Å²) in [6, 6.07) is 8.16. The van der Waals surface area contributed by atoms with Crippen molar-refractivity contribution in [1.29, 1.82) is 0 Å². The van der Waals surface area contributed by atoms with Crippen molar-refractivity contribution < 1.29 is 4.79 Å². The molecule has 120 valence electrons. The van der Waals surface area contributed by atoms with Gasteiger partial charge in [0, 0.05) is 25.0 Å². The minimum Gasteiger partial charge on any atom is -0.354 e. The van der Waals surface area contributed by atoms with E-state index in [1.165, 1.54) is 17.5 Å². The second-order valence-corrected chi connectivity index (χ2v) is 6.26. The molecule has 1 N–H and O–H groups in total. The smallest absolute Gasteiger partial charge is 0.255 e. The van der Waals surface area contributed by atoms with Gasteiger partial charge in [-0.05, 0) is 50.8 Å². The van der Waals surface area contributed by atoms with Crippen molar-refractivity contribution in [1.82, 2.24) is 9.88 Å². The fraction of sp³-hybridized carbons (Fsp3) is 0.368. The molecule has 1 aromatic heterocycles. The van der Waals surface area contributed by atoms with Crippen LogP contribution < -0.4 is 5.32 Å². The minimum absolute atomic E-state index is 0.0847. The highest BCUT2D eigenvalue weighted by molar-refractivity contribution is 5.95. The minimum atomic E-state index is 0.0847. The maximum Gasteiger partial charge on any atom is 0.255 e. The van der Waals surface area contributed by atoms with Gasteiger partial charge in [-0.15, -0.1) is 0 Å². The number of benzene rings is 1. The Labute approximate surface area is 137 Å². The summed E-state index contributed by atoms with van der Waals surface area (Å²) in [6.45, 7) is 5.86. The summed E-state index contributed by atoms with van der Waals surface area (Å²) < 4.78 is 0. The predicted octanol–water partition coefficient (Wildman–Crippen LogP) is 4.07. The number of aromatic nitrogens is 1. The molecule has 1 fully saturated rings. The van der Waals surface area contributed by atoms with Crippen molar-refractivity contribution in [3.63, 3.8) is 0 Å². The van der Waals surface area contributed by atoms with Crippen molar-refractivity contribution >= 4 is 17.3 Å². The number of likely N-dealkylation sites (tertiary alicyclic amines) is 1. The van der Waals surface area contributed by atoms with Crippen LogP contribution in [0.25, 0.3) is 0 Å². The number of piperidine rings is 1. The van der Waals surface area contributed by atoms with Crippen LogP contribution >= 0.6 is 0 Å². The van der Waals surface area contributed by atoms with Gasteiger partial charge >= 0.3 is 0 Å². The molecule has 0 spiro atoms. The van der Waals surface area contributed by atoms with Crippen LogP contribution in [-0.4, -0.2) is 28.9 Å². The molecular weight excluding hydrogens is 286 g/mol. The van der Waals surface area contributed by atoms with Gasteiger partial charge in [-0.1, -0.05) is 17.7 Å². The third-order valence-electron chi connectivity index (χ3n) is 4.29. The summed E-state index contributed by atoms with van der Waals surface area (Å²) >= 11 is 0. The van der Waals surface area contributed by atoms with E-state index in [4.69, 9.17) is 0 Å². The van der Waals surface area contributed by atoms with Crippen molar-refractivity contribution in [2.24, 2.45) is 0 Å². The Balaban J connectivity index is 1.78. The van der Waals surface area contributed by atoms with Gasteiger partial charge in [0.2, 0.25) is 0 Å². The molecule has 0 atom stereocenters. The Morgan fingerprint density at radius 3 is 2.61 bits per heavy atom. The zero-order chi connectivity index (χ0) is 16.2. The van der Waals surface area contributed by atoms with Crippen LogP contribution in [-0.2, 0) is 0 Å². The van der Waals surface area contributed by atoms with Gasteiger partial charge < -0.3 is 10.2 Å². The van der Waals surface area contributed by atoms with Crippen molar-refractivity contribution in [3.05, 3.63) is 53.3 Å². The van der Waals surface area contributed by atoms with E-state index >= 15 is 0 Å². The Kier molecular flexibility index (Phi) is 4.60. The highest BCUT2D eigenvalue weighted by Crippen LogP contribution is 2.22. The maximum atomic E-state index is 12.6. The van der Waals surface area contributed by atoms with Crippen molar-refractivity contribution in [3.8, 4) is 0 Å². The molecule has 0 saturated carbocycles. The molecule has 4 nitrogen and oxygen atoms in total. The molecule has 1 amide bonds. The molecule has 3 rings (SSSR count). The predicted molar refractivity (Wildman–Crippen MR) is 93.2 cm³/mol. The second-order valence-electron chi connectivity index (χ2n) is 6.26. The first-order valence-electron chi connectivity index (χ1n) is 8.22. The standard InChI is InChI=1S/C19H23N3O/c1-14-6-7-18(15(2)10-14)21-17-11-16(12-20-13-17)19(23)22-8-4-3-5-9-22/h6-7,10-13,21H,3-5,8-9H2,1-2H3. The highest BCUT2D eigenvalue weighted by Gasteiger charge is 2.18.